The molecule has 1 aromatic rings. The van der Waals surface area contributed by atoms with Crippen LogP contribution in [0.4, 0.5) is 4.79 Å². The van der Waals surface area contributed by atoms with Crippen molar-refractivity contribution in [3.05, 3.63) is 23.8 Å². The highest BCUT2D eigenvalue weighted by Gasteiger charge is 2.11. The number of hydrogen-bond acceptors (Lipinski definition) is 5. The van der Waals surface area contributed by atoms with Crippen LogP contribution >= 0.6 is 0 Å². The number of rotatable bonds is 8. The fourth-order valence-corrected chi connectivity index (χ4v) is 2.07. The second kappa shape index (κ2) is 9.68. The van der Waals surface area contributed by atoms with Crippen LogP contribution < -0.4 is 20.1 Å². The van der Waals surface area contributed by atoms with Crippen molar-refractivity contribution >= 4 is 11.9 Å². The van der Waals surface area contributed by atoms with Crippen LogP contribution in [-0.4, -0.2) is 50.7 Å². The molecular weight excluding hydrogens is 298 g/mol. The standard InChI is InChI=1S/C16H25N3O4/c1-5-17-16(21)18-15(20)11-19(3)10-12-7-8-13(23-6-2)14(9-12)22-4/h7-9H,5-6,10-11H2,1-4H3,(H2,17,18,20,21). The van der Waals surface area contributed by atoms with Crippen LogP contribution in [0.1, 0.15) is 19.4 Å². The first-order valence-corrected chi connectivity index (χ1v) is 7.56. The van der Waals surface area contributed by atoms with Crippen LogP contribution in [-0.2, 0) is 11.3 Å². The molecule has 1 aromatic carbocycles. The molecule has 0 unspecified atom stereocenters. The summed E-state index contributed by atoms with van der Waals surface area (Å²) >= 11 is 0. The van der Waals surface area contributed by atoms with E-state index in [0.29, 0.717) is 31.2 Å². The van der Waals surface area contributed by atoms with Gasteiger partial charge in [-0.3, -0.25) is 15.0 Å². The third kappa shape index (κ3) is 6.56. The minimum atomic E-state index is -0.478. The van der Waals surface area contributed by atoms with E-state index in [1.165, 1.54) is 0 Å². The molecule has 0 spiro atoms. The Labute approximate surface area is 136 Å². The van der Waals surface area contributed by atoms with E-state index in [4.69, 9.17) is 9.47 Å². The number of amides is 3. The molecule has 0 heterocycles. The van der Waals surface area contributed by atoms with Crippen molar-refractivity contribution in [1.82, 2.24) is 15.5 Å². The van der Waals surface area contributed by atoms with Crippen LogP contribution in [0.3, 0.4) is 0 Å². The molecule has 3 amide bonds. The molecule has 2 N–H and O–H groups in total. The highest BCUT2D eigenvalue weighted by molar-refractivity contribution is 5.95. The number of methoxy groups -OCH3 is 1. The monoisotopic (exact) mass is 323 g/mol. The van der Waals surface area contributed by atoms with Crippen molar-refractivity contribution in [2.75, 3.05) is 33.9 Å². The largest absolute Gasteiger partial charge is 0.493 e. The predicted molar refractivity (Wildman–Crippen MR) is 87.7 cm³/mol. The molecule has 0 radical (unpaired) electrons. The van der Waals surface area contributed by atoms with Gasteiger partial charge in [-0.1, -0.05) is 6.07 Å². The number of nitrogens with zero attached hydrogens (tertiary/aromatic N) is 1. The highest BCUT2D eigenvalue weighted by atomic mass is 16.5. The van der Waals surface area contributed by atoms with Gasteiger partial charge in [-0.2, -0.15) is 0 Å². The van der Waals surface area contributed by atoms with Gasteiger partial charge >= 0.3 is 6.03 Å². The maximum atomic E-state index is 11.7. The normalized spacial score (nSPS) is 10.3. The van der Waals surface area contributed by atoms with E-state index in [0.717, 1.165) is 5.56 Å². The van der Waals surface area contributed by atoms with E-state index in [2.05, 4.69) is 10.6 Å². The Hall–Kier alpha value is -2.28. The summed E-state index contributed by atoms with van der Waals surface area (Å²) in [6.07, 6.45) is 0. The van der Waals surface area contributed by atoms with Gasteiger partial charge in [0.2, 0.25) is 5.91 Å². The van der Waals surface area contributed by atoms with Crippen LogP contribution in [0.25, 0.3) is 0 Å². The van der Waals surface area contributed by atoms with Crippen molar-refractivity contribution < 1.29 is 19.1 Å². The Kier molecular flexibility index (Phi) is 7.90. The van der Waals surface area contributed by atoms with E-state index in [1.54, 1.807) is 21.1 Å². The lowest BCUT2D eigenvalue weighted by Crippen LogP contribution is -2.43. The average molecular weight is 323 g/mol. The fraction of sp³-hybridized carbons (Fsp3) is 0.500. The number of carbonyl (C=O) groups excluding carboxylic acids is 2. The van der Waals surface area contributed by atoms with E-state index >= 15 is 0 Å². The highest BCUT2D eigenvalue weighted by Crippen LogP contribution is 2.28. The molecule has 0 aliphatic heterocycles. The van der Waals surface area contributed by atoms with Gasteiger partial charge in [-0.25, -0.2) is 4.79 Å². The number of likely N-dealkylation sites (N-methyl/N-ethyl adjacent to an activating group) is 1. The first-order valence-electron chi connectivity index (χ1n) is 7.56. The molecule has 23 heavy (non-hydrogen) atoms. The Morgan fingerprint density at radius 1 is 1.22 bits per heavy atom. The molecule has 0 fully saturated rings. The quantitative estimate of drug-likeness (QED) is 0.755. The molecule has 1 rings (SSSR count). The van der Waals surface area contributed by atoms with E-state index in [1.807, 2.05) is 30.0 Å². The van der Waals surface area contributed by atoms with E-state index in [-0.39, 0.29) is 12.5 Å². The van der Waals surface area contributed by atoms with Gasteiger partial charge in [0.1, 0.15) is 0 Å². The summed E-state index contributed by atoms with van der Waals surface area (Å²) in [6.45, 7) is 5.40. The lowest BCUT2D eigenvalue weighted by atomic mass is 10.2. The zero-order valence-corrected chi connectivity index (χ0v) is 14.1. The minimum absolute atomic E-state index is 0.118. The summed E-state index contributed by atoms with van der Waals surface area (Å²) in [5.41, 5.74) is 0.985. The summed E-state index contributed by atoms with van der Waals surface area (Å²) in [5, 5.41) is 4.78. The van der Waals surface area contributed by atoms with Crippen LogP contribution in [0.15, 0.2) is 18.2 Å². The van der Waals surface area contributed by atoms with Crippen molar-refractivity contribution in [2.45, 2.75) is 20.4 Å². The molecule has 7 heteroatoms. The molecule has 128 valence electrons. The molecule has 0 aliphatic rings. The average Bonchev–Trinajstić information content (AvgIpc) is 2.48. The summed E-state index contributed by atoms with van der Waals surface area (Å²) < 4.78 is 10.8. The molecular formula is C16H25N3O4. The predicted octanol–water partition coefficient (Wildman–Crippen LogP) is 1.37. The Bertz CT molecular complexity index is 534. The molecule has 0 saturated heterocycles. The smallest absolute Gasteiger partial charge is 0.321 e. The Morgan fingerprint density at radius 3 is 2.57 bits per heavy atom. The maximum Gasteiger partial charge on any atom is 0.321 e. The zero-order chi connectivity index (χ0) is 17.2. The minimum Gasteiger partial charge on any atom is -0.493 e. The van der Waals surface area contributed by atoms with Crippen molar-refractivity contribution in [1.29, 1.82) is 0 Å². The second-order valence-electron chi connectivity index (χ2n) is 5.00. The van der Waals surface area contributed by atoms with Crippen LogP contribution in [0.2, 0.25) is 0 Å². The number of benzene rings is 1. The first kappa shape index (κ1) is 18.8. The first-order chi connectivity index (χ1) is 11.0. The molecule has 0 aromatic heterocycles. The number of ether oxygens (including phenoxy) is 2. The number of imide groups is 1. The van der Waals surface area contributed by atoms with E-state index in [9.17, 15) is 9.59 Å². The number of carbonyl (C=O) groups is 2. The third-order valence-corrected chi connectivity index (χ3v) is 2.98. The van der Waals surface area contributed by atoms with Gasteiger partial charge in [0.15, 0.2) is 11.5 Å². The van der Waals surface area contributed by atoms with Gasteiger partial charge in [-0.15, -0.1) is 0 Å². The van der Waals surface area contributed by atoms with Gasteiger partial charge in [0.05, 0.1) is 20.3 Å². The molecule has 7 nitrogen and oxygen atoms in total. The lowest BCUT2D eigenvalue weighted by Gasteiger charge is -2.17. The second-order valence-corrected chi connectivity index (χ2v) is 5.00. The van der Waals surface area contributed by atoms with Crippen LogP contribution in [0, 0.1) is 0 Å². The summed E-state index contributed by atoms with van der Waals surface area (Å²) in [5.74, 6) is 0.997. The molecule has 0 saturated carbocycles. The molecule has 0 aliphatic carbocycles. The number of nitrogens with one attached hydrogen (secondary N) is 2. The van der Waals surface area contributed by atoms with Crippen molar-refractivity contribution in [3.63, 3.8) is 0 Å². The zero-order valence-electron chi connectivity index (χ0n) is 14.1. The number of hydrogen-bond donors (Lipinski definition) is 2. The van der Waals surface area contributed by atoms with Crippen molar-refractivity contribution in [3.8, 4) is 11.5 Å². The van der Waals surface area contributed by atoms with Gasteiger partial charge < -0.3 is 14.8 Å². The van der Waals surface area contributed by atoms with Gasteiger partial charge in [0, 0.05) is 13.1 Å². The third-order valence-electron chi connectivity index (χ3n) is 2.98. The Morgan fingerprint density at radius 2 is 1.96 bits per heavy atom. The maximum absolute atomic E-state index is 11.7. The topological polar surface area (TPSA) is 79.9 Å². The Balaban J connectivity index is 2.58. The summed E-state index contributed by atoms with van der Waals surface area (Å²) in [7, 11) is 3.39. The fourth-order valence-electron chi connectivity index (χ4n) is 2.07. The molecule has 0 atom stereocenters. The van der Waals surface area contributed by atoms with Crippen LogP contribution in [0.5, 0.6) is 11.5 Å². The summed E-state index contributed by atoms with van der Waals surface area (Å²) in [6, 6.07) is 5.17. The SMILES string of the molecule is CCNC(=O)NC(=O)CN(C)Cc1ccc(OCC)c(OC)c1. The van der Waals surface area contributed by atoms with E-state index < -0.39 is 6.03 Å². The number of urea groups is 1. The molecule has 0 bridgehead atoms. The lowest BCUT2D eigenvalue weighted by molar-refractivity contribution is -0.120. The van der Waals surface area contributed by atoms with Gasteiger partial charge in [-0.05, 0) is 38.6 Å². The van der Waals surface area contributed by atoms with Crippen molar-refractivity contribution in [2.24, 2.45) is 0 Å². The van der Waals surface area contributed by atoms with Gasteiger partial charge in [0.25, 0.3) is 0 Å². The summed E-state index contributed by atoms with van der Waals surface area (Å²) in [4.78, 5) is 24.8.